The average molecular weight is 434 g/mol. The minimum Gasteiger partial charge on any atom is -0.438 e. The number of aromatic amines is 1. The maximum absolute atomic E-state index is 13.6. The number of H-pyrrole nitrogens is 1. The summed E-state index contributed by atoms with van der Waals surface area (Å²) in [5.41, 5.74) is 2.69. The van der Waals surface area contributed by atoms with E-state index in [9.17, 15) is 9.18 Å². The summed E-state index contributed by atoms with van der Waals surface area (Å²) in [6, 6.07) is 5.05. The van der Waals surface area contributed by atoms with Crippen LogP contribution in [0.1, 0.15) is 34.0 Å². The van der Waals surface area contributed by atoms with E-state index >= 15 is 0 Å². The first-order valence-electron chi connectivity index (χ1n) is 9.79. The van der Waals surface area contributed by atoms with Crippen molar-refractivity contribution in [1.29, 1.82) is 0 Å². The molecular formula is C20H15FN8O3. The number of carbonyl (C=O) groups is 1. The Kier molecular flexibility index (Phi) is 3.93. The van der Waals surface area contributed by atoms with Gasteiger partial charge in [-0.2, -0.15) is 5.10 Å². The number of benzene rings is 1. The number of carbonyl (C=O) groups excluding carboxylic acids is 1. The molecule has 1 amide bonds. The van der Waals surface area contributed by atoms with Crippen LogP contribution in [0.4, 0.5) is 4.39 Å². The van der Waals surface area contributed by atoms with E-state index in [0.29, 0.717) is 29.9 Å². The van der Waals surface area contributed by atoms with Crippen LogP contribution in [0, 0.1) is 5.82 Å². The van der Waals surface area contributed by atoms with Crippen molar-refractivity contribution in [2.75, 3.05) is 6.54 Å². The highest BCUT2D eigenvalue weighted by Crippen LogP contribution is 2.35. The smallest absolute Gasteiger partial charge is 0.312 e. The molecule has 5 heterocycles. The molecule has 160 valence electrons. The molecule has 1 aliphatic heterocycles. The van der Waals surface area contributed by atoms with Crippen LogP contribution in [0.5, 0.6) is 0 Å². The molecule has 0 spiro atoms. The summed E-state index contributed by atoms with van der Waals surface area (Å²) in [4.78, 5) is 26.8. The lowest BCUT2D eigenvalue weighted by Gasteiger charge is -2.31. The normalized spacial score (nSPS) is 15.9. The molecule has 0 unspecified atom stereocenters. The van der Waals surface area contributed by atoms with E-state index in [1.54, 1.807) is 30.3 Å². The van der Waals surface area contributed by atoms with Crippen LogP contribution < -0.4 is 0 Å². The van der Waals surface area contributed by atoms with Crippen molar-refractivity contribution in [2.24, 2.45) is 7.05 Å². The number of fused-ring (bicyclic) bond motifs is 2. The van der Waals surface area contributed by atoms with Gasteiger partial charge in [0.2, 0.25) is 5.89 Å². The number of hydrogen-bond donors (Lipinski definition) is 1. The summed E-state index contributed by atoms with van der Waals surface area (Å²) in [5, 5.41) is 12.1. The van der Waals surface area contributed by atoms with Gasteiger partial charge in [-0.1, -0.05) is 0 Å². The SMILES string of the molecule is Cn1ccc(-c2nnc(C(=O)N3CCc4[nH]cnc4[C@H]3c3nc4ccc(F)cc4o3)o2)n1. The van der Waals surface area contributed by atoms with Gasteiger partial charge < -0.3 is 18.7 Å². The second kappa shape index (κ2) is 6.83. The van der Waals surface area contributed by atoms with E-state index in [4.69, 9.17) is 8.83 Å². The van der Waals surface area contributed by atoms with Crippen molar-refractivity contribution >= 4 is 17.0 Å². The van der Waals surface area contributed by atoms with Crippen molar-refractivity contribution in [3.05, 3.63) is 65.8 Å². The van der Waals surface area contributed by atoms with Gasteiger partial charge in [0.05, 0.1) is 12.0 Å². The highest BCUT2D eigenvalue weighted by atomic mass is 19.1. The lowest BCUT2D eigenvalue weighted by Crippen LogP contribution is -2.41. The molecule has 0 saturated heterocycles. The third-order valence-electron chi connectivity index (χ3n) is 5.33. The van der Waals surface area contributed by atoms with Crippen LogP contribution in [0.2, 0.25) is 0 Å². The molecule has 32 heavy (non-hydrogen) atoms. The molecule has 1 atom stereocenters. The number of nitrogens with zero attached hydrogens (tertiary/aromatic N) is 7. The molecule has 0 bridgehead atoms. The first-order chi connectivity index (χ1) is 15.6. The number of imidazole rings is 1. The monoisotopic (exact) mass is 434 g/mol. The maximum Gasteiger partial charge on any atom is 0.312 e. The van der Waals surface area contributed by atoms with Gasteiger partial charge in [-0.3, -0.25) is 9.48 Å². The van der Waals surface area contributed by atoms with Gasteiger partial charge in [-0.25, -0.2) is 14.4 Å². The first-order valence-corrected chi connectivity index (χ1v) is 9.79. The summed E-state index contributed by atoms with van der Waals surface area (Å²) in [7, 11) is 1.76. The maximum atomic E-state index is 13.6. The van der Waals surface area contributed by atoms with Gasteiger partial charge >= 0.3 is 11.8 Å². The Morgan fingerprint density at radius 2 is 2.16 bits per heavy atom. The lowest BCUT2D eigenvalue weighted by molar-refractivity contribution is 0.0627. The summed E-state index contributed by atoms with van der Waals surface area (Å²) < 4.78 is 26.7. The Bertz CT molecular complexity index is 1460. The van der Waals surface area contributed by atoms with Gasteiger partial charge in [-0.15, -0.1) is 10.2 Å². The molecule has 0 radical (unpaired) electrons. The molecule has 0 aliphatic carbocycles. The summed E-state index contributed by atoms with van der Waals surface area (Å²) >= 11 is 0. The number of halogens is 1. The Labute approximate surface area is 178 Å². The van der Waals surface area contributed by atoms with Crippen molar-refractivity contribution in [3.63, 3.8) is 0 Å². The number of aryl methyl sites for hydroxylation is 1. The fourth-order valence-corrected chi connectivity index (χ4v) is 3.84. The summed E-state index contributed by atoms with van der Waals surface area (Å²) in [6.45, 7) is 0.340. The van der Waals surface area contributed by atoms with Gasteiger partial charge in [0.25, 0.3) is 5.89 Å². The first kappa shape index (κ1) is 18.4. The quantitative estimate of drug-likeness (QED) is 0.457. The fourth-order valence-electron chi connectivity index (χ4n) is 3.84. The van der Waals surface area contributed by atoms with Crippen LogP contribution in [-0.2, 0) is 13.5 Å². The minimum atomic E-state index is -0.738. The van der Waals surface area contributed by atoms with Crippen molar-refractivity contribution in [2.45, 2.75) is 12.5 Å². The van der Waals surface area contributed by atoms with Gasteiger partial charge in [0.1, 0.15) is 17.0 Å². The molecular weight excluding hydrogens is 419 g/mol. The third-order valence-corrected chi connectivity index (χ3v) is 5.33. The van der Waals surface area contributed by atoms with E-state index in [1.807, 2.05) is 0 Å². The second-order valence-corrected chi connectivity index (χ2v) is 7.37. The zero-order valence-corrected chi connectivity index (χ0v) is 16.7. The van der Waals surface area contributed by atoms with E-state index < -0.39 is 17.8 Å². The minimum absolute atomic E-state index is 0.139. The van der Waals surface area contributed by atoms with Crippen molar-refractivity contribution < 1.29 is 18.0 Å². The van der Waals surface area contributed by atoms with Crippen LogP contribution >= 0.6 is 0 Å². The molecule has 0 saturated carbocycles. The van der Waals surface area contributed by atoms with Crippen LogP contribution in [0.15, 0.2) is 45.6 Å². The number of rotatable bonds is 3. The Hall–Kier alpha value is -4.35. The predicted octanol–water partition coefficient (Wildman–Crippen LogP) is 2.26. The zero-order valence-electron chi connectivity index (χ0n) is 16.7. The predicted molar refractivity (Wildman–Crippen MR) is 106 cm³/mol. The van der Waals surface area contributed by atoms with E-state index in [0.717, 1.165) is 5.69 Å². The van der Waals surface area contributed by atoms with E-state index in [1.165, 1.54) is 23.1 Å². The Morgan fingerprint density at radius 3 is 3.00 bits per heavy atom. The molecule has 0 fully saturated rings. The third kappa shape index (κ3) is 2.87. The van der Waals surface area contributed by atoms with E-state index in [-0.39, 0.29) is 23.3 Å². The van der Waals surface area contributed by atoms with Crippen LogP contribution in [0.3, 0.4) is 0 Å². The molecule has 5 aromatic rings. The van der Waals surface area contributed by atoms with Gasteiger partial charge in [-0.05, 0) is 18.2 Å². The van der Waals surface area contributed by atoms with Crippen LogP contribution in [-0.4, -0.2) is 52.3 Å². The summed E-state index contributed by atoms with van der Waals surface area (Å²) in [5.74, 6) is -0.759. The highest BCUT2D eigenvalue weighted by Gasteiger charge is 2.39. The average Bonchev–Trinajstić information content (AvgIpc) is 3.57. The summed E-state index contributed by atoms with van der Waals surface area (Å²) in [6.07, 6.45) is 3.84. The number of oxazole rings is 1. The van der Waals surface area contributed by atoms with Crippen LogP contribution in [0.25, 0.3) is 22.7 Å². The Balaban J connectivity index is 1.40. The molecule has 6 rings (SSSR count). The molecule has 11 nitrogen and oxygen atoms in total. The van der Waals surface area contributed by atoms with Gasteiger partial charge in [0.15, 0.2) is 11.6 Å². The van der Waals surface area contributed by atoms with Crippen molar-refractivity contribution in [1.82, 2.24) is 39.8 Å². The number of nitrogens with one attached hydrogen (secondary N) is 1. The molecule has 1 aromatic carbocycles. The fraction of sp³-hybridized carbons (Fsp3) is 0.200. The van der Waals surface area contributed by atoms with Crippen molar-refractivity contribution in [3.8, 4) is 11.6 Å². The zero-order chi connectivity index (χ0) is 21.8. The van der Waals surface area contributed by atoms with E-state index in [2.05, 4.69) is 30.2 Å². The highest BCUT2D eigenvalue weighted by molar-refractivity contribution is 5.90. The number of amides is 1. The molecule has 12 heteroatoms. The topological polar surface area (TPSA) is 132 Å². The second-order valence-electron chi connectivity index (χ2n) is 7.37. The van der Waals surface area contributed by atoms with Gasteiger partial charge in [0, 0.05) is 38.0 Å². The Morgan fingerprint density at radius 1 is 1.25 bits per heavy atom. The molecule has 1 N–H and O–H groups in total. The number of hydrogen-bond acceptors (Lipinski definition) is 8. The number of aromatic nitrogens is 7. The largest absolute Gasteiger partial charge is 0.438 e. The standard InChI is InChI=1S/C20H15FN8O3/c1-28-6-4-13(27-28)17-25-26-19(32-17)20(30)29-7-5-12-15(23-9-22-12)16(29)18-24-11-3-2-10(21)8-14(11)31-18/h2-4,6,8-9,16H,5,7H2,1H3,(H,22,23)/t16-/m0/s1. The molecule has 1 aliphatic rings. The molecule has 4 aromatic heterocycles. The lowest BCUT2D eigenvalue weighted by atomic mass is 10.0.